The van der Waals surface area contributed by atoms with E-state index in [0.717, 1.165) is 38.6 Å². The van der Waals surface area contributed by atoms with Crippen molar-refractivity contribution in [3.05, 3.63) is 76.3 Å². The third-order valence-corrected chi connectivity index (χ3v) is 7.19. The molecule has 2 N–H and O–H groups in total. The van der Waals surface area contributed by atoms with Crippen LogP contribution >= 0.6 is 0 Å². The van der Waals surface area contributed by atoms with Crippen LogP contribution in [0.2, 0.25) is 0 Å². The van der Waals surface area contributed by atoms with Crippen molar-refractivity contribution in [3.8, 4) is 0 Å². The molecule has 1 unspecified atom stereocenters. The molecular formula is C23H27NO3S. The van der Waals surface area contributed by atoms with Gasteiger partial charge in [0.25, 0.3) is 0 Å². The van der Waals surface area contributed by atoms with Gasteiger partial charge in [0.05, 0.1) is 11.0 Å². The maximum absolute atomic E-state index is 12.9. The van der Waals surface area contributed by atoms with Crippen LogP contribution < -0.4 is 4.72 Å². The van der Waals surface area contributed by atoms with Gasteiger partial charge in [0, 0.05) is 6.54 Å². The zero-order valence-electron chi connectivity index (χ0n) is 16.8. The summed E-state index contributed by atoms with van der Waals surface area (Å²) in [6, 6.07) is 15.7. The van der Waals surface area contributed by atoms with Crippen molar-refractivity contribution in [1.82, 2.24) is 4.72 Å². The Morgan fingerprint density at radius 2 is 1.54 bits per heavy atom. The number of hydrogen-bond acceptors (Lipinski definition) is 3. The third-order valence-electron chi connectivity index (χ3n) is 5.46. The quantitative estimate of drug-likeness (QED) is 0.645. The van der Waals surface area contributed by atoms with Crippen LogP contribution in [0.3, 0.4) is 0 Å². The number of fused-ring (bicyclic) bond motifs is 1. The highest BCUT2D eigenvalue weighted by Gasteiger charge is 2.22. The van der Waals surface area contributed by atoms with Crippen molar-refractivity contribution in [1.29, 1.82) is 0 Å². The number of aliphatic hydroxyl groups is 1. The summed E-state index contributed by atoms with van der Waals surface area (Å²) in [5.41, 5.74) is 4.27. The van der Waals surface area contributed by atoms with Gasteiger partial charge in [-0.05, 0) is 72.7 Å². The summed E-state index contributed by atoms with van der Waals surface area (Å²) >= 11 is 0. The smallest absolute Gasteiger partial charge is 0.241 e. The highest BCUT2D eigenvalue weighted by atomic mass is 32.2. The molecule has 0 fully saturated rings. The molecule has 0 bridgehead atoms. The highest BCUT2D eigenvalue weighted by Crippen LogP contribution is 2.28. The van der Waals surface area contributed by atoms with E-state index in [1.807, 2.05) is 76.2 Å². The first kappa shape index (κ1) is 20.5. The van der Waals surface area contributed by atoms with Crippen molar-refractivity contribution < 1.29 is 13.5 Å². The van der Waals surface area contributed by atoms with Gasteiger partial charge in [-0.2, -0.15) is 0 Å². The van der Waals surface area contributed by atoms with E-state index in [-0.39, 0.29) is 6.54 Å². The van der Waals surface area contributed by atoms with Gasteiger partial charge < -0.3 is 5.11 Å². The Bertz CT molecular complexity index is 1090. The highest BCUT2D eigenvalue weighted by molar-refractivity contribution is 7.89. The van der Waals surface area contributed by atoms with E-state index in [9.17, 15) is 13.5 Å². The summed E-state index contributed by atoms with van der Waals surface area (Å²) in [4.78, 5) is 0.352. The molecule has 3 rings (SSSR count). The molecule has 0 spiro atoms. The molecule has 28 heavy (non-hydrogen) atoms. The lowest BCUT2D eigenvalue weighted by molar-refractivity contribution is 0.170. The van der Waals surface area contributed by atoms with Crippen molar-refractivity contribution in [2.45, 2.75) is 45.1 Å². The second kappa shape index (κ2) is 8.03. The topological polar surface area (TPSA) is 66.4 Å². The molecule has 0 radical (unpaired) electrons. The van der Waals surface area contributed by atoms with E-state index in [2.05, 4.69) is 4.72 Å². The maximum atomic E-state index is 12.9. The minimum atomic E-state index is -3.65. The average molecular weight is 398 g/mol. The Morgan fingerprint density at radius 3 is 2.21 bits per heavy atom. The number of nitrogens with one attached hydrogen (secondary N) is 1. The van der Waals surface area contributed by atoms with Crippen molar-refractivity contribution >= 4 is 20.8 Å². The van der Waals surface area contributed by atoms with Crippen LogP contribution in [0.1, 0.15) is 40.3 Å². The normalized spacial score (nSPS) is 13.0. The van der Waals surface area contributed by atoms with Gasteiger partial charge in [-0.1, -0.05) is 48.5 Å². The van der Waals surface area contributed by atoms with E-state index in [1.165, 1.54) is 0 Å². The van der Waals surface area contributed by atoms with Crippen molar-refractivity contribution in [3.63, 3.8) is 0 Å². The average Bonchev–Trinajstić information content (AvgIpc) is 2.65. The Kier molecular flexibility index (Phi) is 5.89. The molecule has 0 aliphatic rings. The second-order valence-electron chi connectivity index (χ2n) is 7.36. The molecule has 0 aromatic heterocycles. The summed E-state index contributed by atoms with van der Waals surface area (Å²) < 4.78 is 28.5. The molecule has 3 aromatic carbocycles. The van der Waals surface area contributed by atoms with Gasteiger partial charge in [0.1, 0.15) is 0 Å². The van der Waals surface area contributed by atoms with Crippen molar-refractivity contribution in [2.75, 3.05) is 6.54 Å². The molecule has 5 heteroatoms. The summed E-state index contributed by atoms with van der Waals surface area (Å²) in [5.74, 6) is 0. The van der Waals surface area contributed by atoms with Crippen LogP contribution in [-0.4, -0.2) is 20.1 Å². The molecule has 3 aromatic rings. The van der Waals surface area contributed by atoms with Gasteiger partial charge in [0.2, 0.25) is 10.0 Å². The number of aliphatic hydroxyl groups excluding tert-OH is 1. The van der Waals surface area contributed by atoms with E-state index >= 15 is 0 Å². The first-order valence-corrected chi connectivity index (χ1v) is 10.9. The zero-order valence-corrected chi connectivity index (χ0v) is 17.6. The fraction of sp³-hybridized carbons (Fsp3) is 0.304. The standard InChI is InChI=1S/C23H27NO3S/c1-15-14-16(2)18(4)23(17(15)3)28(26,27)24-13-12-22(25)21-11-7-9-19-8-5-6-10-20(19)21/h5-11,14,22,24-25H,12-13H2,1-4H3. The van der Waals surface area contributed by atoms with Crippen molar-refractivity contribution in [2.24, 2.45) is 0 Å². The van der Waals surface area contributed by atoms with Crippen LogP contribution in [0.15, 0.2) is 53.4 Å². The second-order valence-corrected chi connectivity index (χ2v) is 9.06. The summed E-state index contributed by atoms with van der Waals surface area (Å²) in [6.07, 6.45) is -0.439. The first-order valence-electron chi connectivity index (χ1n) is 9.45. The maximum Gasteiger partial charge on any atom is 0.241 e. The van der Waals surface area contributed by atoms with Crippen LogP contribution in [0, 0.1) is 27.7 Å². The SMILES string of the molecule is Cc1cc(C)c(C)c(S(=O)(=O)NCCC(O)c2cccc3ccccc23)c1C. The van der Waals surface area contributed by atoms with Gasteiger partial charge >= 0.3 is 0 Å². The largest absolute Gasteiger partial charge is 0.388 e. The Hall–Kier alpha value is -2.21. The van der Waals surface area contributed by atoms with E-state index in [4.69, 9.17) is 0 Å². The molecule has 0 aliphatic carbocycles. The number of benzene rings is 3. The lowest BCUT2D eigenvalue weighted by atomic mass is 9.99. The van der Waals surface area contributed by atoms with E-state index in [1.54, 1.807) is 0 Å². The summed E-state index contributed by atoms with van der Waals surface area (Å²) in [7, 11) is -3.65. The lowest BCUT2D eigenvalue weighted by Crippen LogP contribution is -2.27. The number of hydrogen-bond donors (Lipinski definition) is 2. The van der Waals surface area contributed by atoms with Crippen LogP contribution in [0.25, 0.3) is 10.8 Å². The van der Waals surface area contributed by atoms with Gasteiger partial charge in [0.15, 0.2) is 0 Å². The third kappa shape index (κ3) is 3.97. The summed E-state index contributed by atoms with van der Waals surface area (Å²) in [6.45, 7) is 7.68. The molecule has 1 atom stereocenters. The fourth-order valence-corrected chi connectivity index (χ4v) is 5.34. The predicted octanol–water partition coefficient (Wildman–Crippen LogP) is 4.48. The van der Waals surface area contributed by atoms with Gasteiger partial charge in [-0.15, -0.1) is 0 Å². The first-order chi connectivity index (χ1) is 13.2. The molecular weight excluding hydrogens is 370 g/mol. The minimum Gasteiger partial charge on any atom is -0.388 e. The Balaban J connectivity index is 1.78. The Labute approximate surface area is 167 Å². The van der Waals surface area contributed by atoms with Gasteiger partial charge in [-0.3, -0.25) is 0 Å². The fourth-order valence-electron chi connectivity index (χ4n) is 3.68. The predicted molar refractivity (Wildman–Crippen MR) is 114 cm³/mol. The zero-order chi connectivity index (χ0) is 20.5. The molecule has 0 amide bonds. The van der Waals surface area contributed by atoms with Crippen LogP contribution in [0.4, 0.5) is 0 Å². The number of rotatable bonds is 6. The van der Waals surface area contributed by atoms with E-state index < -0.39 is 16.1 Å². The van der Waals surface area contributed by atoms with Crippen LogP contribution in [-0.2, 0) is 10.0 Å². The number of aryl methyl sites for hydroxylation is 2. The summed E-state index contributed by atoms with van der Waals surface area (Å²) in [5, 5.41) is 12.7. The monoisotopic (exact) mass is 397 g/mol. The van der Waals surface area contributed by atoms with E-state index in [0.29, 0.717) is 11.3 Å². The molecule has 0 aliphatic heterocycles. The number of sulfonamides is 1. The lowest BCUT2D eigenvalue weighted by Gasteiger charge is -2.17. The van der Waals surface area contributed by atoms with Crippen LogP contribution in [0.5, 0.6) is 0 Å². The minimum absolute atomic E-state index is 0.165. The Morgan fingerprint density at radius 1 is 0.929 bits per heavy atom. The molecule has 0 heterocycles. The molecule has 148 valence electrons. The molecule has 4 nitrogen and oxygen atoms in total. The molecule has 0 saturated heterocycles. The van der Waals surface area contributed by atoms with Gasteiger partial charge in [-0.25, -0.2) is 13.1 Å². The molecule has 0 saturated carbocycles.